The van der Waals surface area contributed by atoms with E-state index in [0.717, 1.165) is 24.6 Å². The standard InChI is InChI=1S/C15H24N2O2/c1-11(17(2)13-7-8-16-10-13)12-5-6-14(18-3)15(9-12)19-4/h5-6,9,11,13,16H,7-8,10H2,1-4H3. The fourth-order valence-electron chi connectivity index (χ4n) is 2.65. The third kappa shape index (κ3) is 3.01. The number of hydrogen-bond acceptors (Lipinski definition) is 4. The molecule has 0 bridgehead atoms. The summed E-state index contributed by atoms with van der Waals surface area (Å²) in [6.07, 6.45) is 1.22. The van der Waals surface area contributed by atoms with Crippen LogP contribution in [0.5, 0.6) is 11.5 Å². The maximum absolute atomic E-state index is 5.38. The van der Waals surface area contributed by atoms with Crippen LogP contribution >= 0.6 is 0 Å². The third-order valence-corrected chi connectivity index (χ3v) is 4.11. The quantitative estimate of drug-likeness (QED) is 0.882. The van der Waals surface area contributed by atoms with Crippen LogP contribution in [0, 0.1) is 0 Å². The Labute approximate surface area is 115 Å². The molecule has 2 rings (SSSR count). The number of methoxy groups -OCH3 is 2. The number of nitrogens with zero attached hydrogens (tertiary/aromatic N) is 1. The Morgan fingerprint density at radius 2 is 2.00 bits per heavy atom. The van der Waals surface area contributed by atoms with Crippen LogP contribution in [0.15, 0.2) is 18.2 Å². The third-order valence-electron chi connectivity index (χ3n) is 4.11. The average Bonchev–Trinajstić information content (AvgIpc) is 2.99. The Hall–Kier alpha value is -1.26. The molecule has 1 heterocycles. The number of hydrogen-bond donors (Lipinski definition) is 1. The van der Waals surface area contributed by atoms with Crippen LogP contribution < -0.4 is 14.8 Å². The van der Waals surface area contributed by atoms with Crippen molar-refractivity contribution < 1.29 is 9.47 Å². The SMILES string of the molecule is COc1ccc(C(C)N(C)C2CCNC2)cc1OC. The lowest BCUT2D eigenvalue weighted by Gasteiger charge is -2.30. The van der Waals surface area contributed by atoms with Crippen molar-refractivity contribution in [3.05, 3.63) is 23.8 Å². The molecule has 1 aromatic carbocycles. The molecule has 4 nitrogen and oxygen atoms in total. The molecular weight excluding hydrogens is 240 g/mol. The van der Waals surface area contributed by atoms with Gasteiger partial charge in [-0.25, -0.2) is 0 Å². The molecule has 4 heteroatoms. The first kappa shape index (κ1) is 14.2. The molecule has 2 atom stereocenters. The molecule has 1 N–H and O–H groups in total. The molecule has 0 saturated carbocycles. The Morgan fingerprint density at radius 3 is 2.58 bits per heavy atom. The second-order valence-corrected chi connectivity index (χ2v) is 5.10. The van der Waals surface area contributed by atoms with Crippen LogP contribution in [0.25, 0.3) is 0 Å². The van der Waals surface area contributed by atoms with Gasteiger partial charge in [0.2, 0.25) is 0 Å². The van der Waals surface area contributed by atoms with Crippen LogP contribution in [-0.4, -0.2) is 45.3 Å². The second-order valence-electron chi connectivity index (χ2n) is 5.10. The topological polar surface area (TPSA) is 33.7 Å². The highest BCUT2D eigenvalue weighted by Crippen LogP contribution is 2.32. The summed E-state index contributed by atoms with van der Waals surface area (Å²) in [4.78, 5) is 2.43. The minimum absolute atomic E-state index is 0.365. The molecule has 0 amide bonds. The number of ether oxygens (including phenoxy) is 2. The van der Waals surface area contributed by atoms with Gasteiger partial charge in [-0.1, -0.05) is 6.07 Å². The van der Waals surface area contributed by atoms with Gasteiger partial charge in [-0.2, -0.15) is 0 Å². The van der Waals surface area contributed by atoms with Crippen LogP contribution in [0.3, 0.4) is 0 Å². The van der Waals surface area contributed by atoms with E-state index in [4.69, 9.17) is 9.47 Å². The molecule has 1 aliphatic rings. The van der Waals surface area contributed by atoms with Gasteiger partial charge < -0.3 is 14.8 Å². The summed E-state index contributed by atoms with van der Waals surface area (Å²) in [6.45, 7) is 4.43. The van der Waals surface area contributed by atoms with Gasteiger partial charge in [-0.15, -0.1) is 0 Å². The van der Waals surface area contributed by atoms with Crippen molar-refractivity contribution >= 4 is 0 Å². The van der Waals surface area contributed by atoms with Crippen LogP contribution in [0.2, 0.25) is 0 Å². The minimum atomic E-state index is 0.365. The van der Waals surface area contributed by atoms with Gasteiger partial charge in [-0.05, 0) is 44.6 Å². The van der Waals surface area contributed by atoms with E-state index < -0.39 is 0 Å². The zero-order chi connectivity index (χ0) is 13.8. The maximum Gasteiger partial charge on any atom is 0.161 e. The van der Waals surface area contributed by atoms with E-state index in [-0.39, 0.29) is 0 Å². The zero-order valence-electron chi connectivity index (χ0n) is 12.3. The molecular formula is C15H24N2O2. The molecule has 1 fully saturated rings. The molecule has 0 spiro atoms. The summed E-state index contributed by atoms with van der Waals surface area (Å²) in [7, 11) is 5.53. The Balaban J connectivity index is 2.15. The highest BCUT2D eigenvalue weighted by atomic mass is 16.5. The average molecular weight is 264 g/mol. The van der Waals surface area contributed by atoms with E-state index in [0.29, 0.717) is 12.1 Å². The molecule has 1 aliphatic heterocycles. The first-order chi connectivity index (χ1) is 9.17. The number of nitrogens with one attached hydrogen (secondary N) is 1. The first-order valence-corrected chi connectivity index (χ1v) is 6.82. The fourth-order valence-corrected chi connectivity index (χ4v) is 2.65. The van der Waals surface area contributed by atoms with Gasteiger partial charge in [0.25, 0.3) is 0 Å². The van der Waals surface area contributed by atoms with E-state index >= 15 is 0 Å². The van der Waals surface area contributed by atoms with Gasteiger partial charge in [0, 0.05) is 18.6 Å². The summed E-state index contributed by atoms with van der Waals surface area (Å²) < 4.78 is 10.7. The normalized spacial score (nSPS) is 20.6. The van der Waals surface area contributed by atoms with Crippen LogP contribution in [0.1, 0.15) is 24.9 Å². The predicted octanol–water partition coefficient (Wildman–Crippen LogP) is 2.06. The molecule has 0 aromatic heterocycles. The number of rotatable bonds is 5. The van der Waals surface area contributed by atoms with E-state index in [1.54, 1.807) is 14.2 Å². The predicted molar refractivity (Wildman–Crippen MR) is 77.0 cm³/mol. The largest absolute Gasteiger partial charge is 0.493 e. The lowest BCUT2D eigenvalue weighted by atomic mass is 10.0. The summed E-state index contributed by atoms with van der Waals surface area (Å²) in [5, 5.41) is 3.41. The molecule has 106 valence electrons. The number of likely N-dealkylation sites (N-methyl/N-ethyl adjacent to an activating group) is 1. The van der Waals surface area contributed by atoms with Crippen molar-refractivity contribution in [1.29, 1.82) is 0 Å². The molecule has 0 radical (unpaired) electrons. The Morgan fingerprint density at radius 1 is 1.26 bits per heavy atom. The fraction of sp³-hybridized carbons (Fsp3) is 0.600. The van der Waals surface area contributed by atoms with Crippen LogP contribution in [-0.2, 0) is 0 Å². The second kappa shape index (κ2) is 6.26. The molecule has 1 aromatic rings. The van der Waals surface area contributed by atoms with E-state index in [1.165, 1.54) is 12.0 Å². The molecule has 2 unspecified atom stereocenters. The van der Waals surface area contributed by atoms with Crippen molar-refractivity contribution in [2.75, 3.05) is 34.4 Å². The highest BCUT2D eigenvalue weighted by Gasteiger charge is 2.24. The summed E-state index contributed by atoms with van der Waals surface area (Å²) in [5.74, 6) is 1.58. The molecule has 19 heavy (non-hydrogen) atoms. The first-order valence-electron chi connectivity index (χ1n) is 6.82. The molecule has 1 saturated heterocycles. The van der Waals surface area contributed by atoms with E-state index in [9.17, 15) is 0 Å². The summed E-state index contributed by atoms with van der Waals surface area (Å²) in [5.41, 5.74) is 1.26. The highest BCUT2D eigenvalue weighted by molar-refractivity contribution is 5.43. The van der Waals surface area contributed by atoms with Gasteiger partial charge in [-0.3, -0.25) is 4.90 Å². The lowest BCUT2D eigenvalue weighted by molar-refractivity contribution is 0.196. The maximum atomic E-state index is 5.38. The summed E-state index contributed by atoms with van der Waals surface area (Å²) >= 11 is 0. The van der Waals surface area contributed by atoms with Crippen molar-refractivity contribution in [3.63, 3.8) is 0 Å². The van der Waals surface area contributed by atoms with Crippen molar-refractivity contribution in [3.8, 4) is 11.5 Å². The van der Waals surface area contributed by atoms with Gasteiger partial charge in [0.1, 0.15) is 0 Å². The van der Waals surface area contributed by atoms with E-state index in [1.807, 2.05) is 6.07 Å². The van der Waals surface area contributed by atoms with Gasteiger partial charge >= 0.3 is 0 Å². The summed E-state index contributed by atoms with van der Waals surface area (Å²) in [6, 6.07) is 7.14. The monoisotopic (exact) mass is 264 g/mol. The number of benzene rings is 1. The smallest absolute Gasteiger partial charge is 0.161 e. The van der Waals surface area contributed by atoms with Crippen LogP contribution in [0.4, 0.5) is 0 Å². The van der Waals surface area contributed by atoms with Crippen molar-refractivity contribution in [2.24, 2.45) is 0 Å². The zero-order valence-corrected chi connectivity index (χ0v) is 12.3. The van der Waals surface area contributed by atoms with Crippen molar-refractivity contribution in [2.45, 2.75) is 25.4 Å². The molecule has 0 aliphatic carbocycles. The lowest BCUT2D eigenvalue weighted by Crippen LogP contribution is -2.35. The van der Waals surface area contributed by atoms with Gasteiger partial charge in [0.05, 0.1) is 14.2 Å². The van der Waals surface area contributed by atoms with Crippen molar-refractivity contribution in [1.82, 2.24) is 10.2 Å². The Kier molecular flexibility index (Phi) is 4.66. The van der Waals surface area contributed by atoms with Gasteiger partial charge in [0.15, 0.2) is 11.5 Å². The minimum Gasteiger partial charge on any atom is -0.493 e. The van der Waals surface area contributed by atoms with E-state index in [2.05, 4.69) is 36.3 Å². The Bertz CT molecular complexity index is 417.